The van der Waals surface area contributed by atoms with Crippen LogP contribution in [0.4, 0.5) is 4.79 Å². The number of rotatable bonds is 4. The summed E-state index contributed by atoms with van der Waals surface area (Å²) in [4.78, 5) is 28.0. The first-order valence-electron chi connectivity index (χ1n) is 7.20. The maximum atomic E-state index is 11.8. The molecule has 0 radical (unpaired) electrons. The van der Waals surface area contributed by atoms with E-state index < -0.39 is 6.03 Å². The molecule has 1 heterocycles. The van der Waals surface area contributed by atoms with E-state index in [0.29, 0.717) is 12.1 Å². The van der Waals surface area contributed by atoms with Crippen LogP contribution in [0.25, 0.3) is 0 Å². The number of urea groups is 1. The van der Waals surface area contributed by atoms with Crippen LogP contribution in [0.15, 0.2) is 30.3 Å². The zero-order valence-electron chi connectivity index (χ0n) is 12.3. The quantitative estimate of drug-likeness (QED) is 0.841. The number of likely N-dealkylation sites (N-methyl/N-ethyl adjacent to an activating group) is 1. The Bertz CT molecular complexity index is 470. The molecule has 1 aromatic carbocycles. The van der Waals surface area contributed by atoms with Crippen LogP contribution in [0, 0.1) is 0 Å². The highest BCUT2D eigenvalue weighted by molar-refractivity contribution is 6.04. The van der Waals surface area contributed by atoms with Crippen molar-refractivity contribution < 1.29 is 9.59 Å². The van der Waals surface area contributed by atoms with Crippen molar-refractivity contribution in [3.05, 3.63) is 35.9 Å². The van der Waals surface area contributed by atoms with Gasteiger partial charge >= 0.3 is 6.03 Å². The van der Waals surface area contributed by atoms with E-state index in [1.54, 1.807) is 24.3 Å². The lowest BCUT2D eigenvalue weighted by atomic mass is 10.2. The fourth-order valence-electron chi connectivity index (χ4n) is 2.21. The van der Waals surface area contributed by atoms with E-state index >= 15 is 0 Å². The summed E-state index contributed by atoms with van der Waals surface area (Å²) in [6.45, 7) is 5.49. The first-order chi connectivity index (χ1) is 10.1. The molecule has 114 valence electrons. The van der Waals surface area contributed by atoms with Crippen molar-refractivity contribution >= 4 is 11.9 Å². The number of carbonyl (C=O) groups excluding carboxylic acids is 2. The minimum Gasteiger partial charge on any atom is -0.337 e. The molecule has 21 heavy (non-hydrogen) atoms. The number of nitrogens with zero attached hydrogens (tertiary/aromatic N) is 2. The van der Waals surface area contributed by atoms with Crippen LogP contribution in [-0.4, -0.2) is 68.1 Å². The second-order valence-corrected chi connectivity index (χ2v) is 5.22. The summed E-state index contributed by atoms with van der Waals surface area (Å²) < 4.78 is 0. The number of amides is 3. The van der Waals surface area contributed by atoms with Crippen molar-refractivity contribution in [2.75, 3.05) is 46.3 Å². The van der Waals surface area contributed by atoms with Gasteiger partial charge < -0.3 is 10.2 Å². The van der Waals surface area contributed by atoms with Gasteiger partial charge in [0.1, 0.15) is 0 Å². The summed E-state index contributed by atoms with van der Waals surface area (Å²) >= 11 is 0. The maximum Gasteiger partial charge on any atom is 0.321 e. The standard InChI is InChI=1S/C15H22N4O2/c1-18-9-11-19(12-10-18)8-7-16-15(21)17-14(20)13-5-3-2-4-6-13/h2-6H,7-12H2,1H3,(H2,16,17,20,21). The Morgan fingerprint density at radius 1 is 1.10 bits per heavy atom. The molecule has 2 N–H and O–H groups in total. The van der Waals surface area contributed by atoms with Gasteiger partial charge in [0.05, 0.1) is 0 Å². The van der Waals surface area contributed by atoms with E-state index in [2.05, 4.69) is 27.5 Å². The third-order valence-electron chi connectivity index (χ3n) is 3.57. The molecule has 1 aliphatic rings. The van der Waals surface area contributed by atoms with E-state index in [1.165, 1.54) is 0 Å². The number of imide groups is 1. The highest BCUT2D eigenvalue weighted by atomic mass is 16.2. The molecule has 0 saturated carbocycles. The topological polar surface area (TPSA) is 64.7 Å². The minimum absolute atomic E-state index is 0.382. The van der Waals surface area contributed by atoms with Gasteiger partial charge in [-0.25, -0.2) is 4.79 Å². The van der Waals surface area contributed by atoms with Crippen molar-refractivity contribution in [3.8, 4) is 0 Å². The summed E-state index contributed by atoms with van der Waals surface area (Å²) in [6, 6.07) is 8.26. The van der Waals surface area contributed by atoms with Crippen LogP contribution < -0.4 is 10.6 Å². The number of benzene rings is 1. The van der Waals surface area contributed by atoms with Gasteiger partial charge in [0.25, 0.3) is 5.91 Å². The van der Waals surface area contributed by atoms with Crippen molar-refractivity contribution in [2.24, 2.45) is 0 Å². The molecule has 0 atom stereocenters. The van der Waals surface area contributed by atoms with Crippen LogP contribution in [0.1, 0.15) is 10.4 Å². The third kappa shape index (κ3) is 5.17. The van der Waals surface area contributed by atoms with E-state index in [1.807, 2.05) is 6.07 Å². The van der Waals surface area contributed by atoms with Crippen molar-refractivity contribution in [1.29, 1.82) is 0 Å². The largest absolute Gasteiger partial charge is 0.337 e. The maximum absolute atomic E-state index is 11.8. The number of carbonyl (C=O) groups is 2. The average molecular weight is 290 g/mol. The highest BCUT2D eigenvalue weighted by Crippen LogP contribution is 1.98. The second kappa shape index (κ2) is 7.75. The Kier molecular flexibility index (Phi) is 5.71. The fourth-order valence-corrected chi connectivity index (χ4v) is 2.21. The minimum atomic E-state index is -0.446. The summed E-state index contributed by atoms with van der Waals surface area (Å²) in [6.07, 6.45) is 0. The smallest absolute Gasteiger partial charge is 0.321 e. The van der Waals surface area contributed by atoms with Gasteiger partial charge in [0, 0.05) is 44.8 Å². The molecule has 6 nitrogen and oxygen atoms in total. The van der Waals surface area contributed by atoms with Crippen molar-refractivity contribution in [2.45, 2.75) is 0 Å². The van der Waals surface area contributed by atoms with Crippen LogP contribution in [0.5, 0.6) is 0 Å². The lowest BCUT2D eigenvalue weighted by Crippen LogP contribution is -2.48. The molecule has 3 amide bonds. The fraction of sp³-hybridized carbons (Fsp3) is 0.467. The lowest BCUT2D eigenvalue weighted by Gasteiger charge is -2.32. The molecule has 0 unspecified atom stereocenters. The number of piperazine rings is 1. The van der Waals surface area contributed by atoms with Crippen molar-refractivity contribution in [3.63, 3.8) is 0 Å². The van der Waals surface area contributed by atoms with Gasteiger partial charge in [-0.2, -0.15) is 0 Å². The van der Waals surface area contributed by atoms with Gasteiger partial charge in [0.2, 0.25) is 0 Å². The molecule has 0 aromatic heterocycles. The Morgan fingerprint density at radius 3 is 2.43 bits per heavy atom. The highest BCUT2D eigenvalue weighted by Gasteiger charge is 2.14. The van der Waals surface area contributed by atoms with Gasteiger partial charge in [-0.1, -0.05) is 18.2 Å². The molecule has 1 saturated heterocycles. The SMILES string of the molecule is CN1CCN(CCNC(=O)NC(=O)c2ccccc2)CC1. The molecule has 2 rings (SSSR count). The van der Waals surface area contributed by atoms with Gasteiger partial charge in [-0.3, -0.25) is 15.0 Å². The Hall–Kier alpha value is -1.92. The van der Waals surface area contributed by atoms with Crippen LogP contribution in [0.2, 0.25) is 0 Å². The first kappa shape index (κ1) is 15.5. The predicted octanol–water partition coefficient (Wildman–Crippen LogP) is 0.373. The number of nitrogens with one attached hydrogen (secondary N) is 2. The van der Waals surface area contributed by atoms with Crippen LogP contribution >= 0.6 is 0 Å². The Labute approximate surface area is 125 Å². The summed E-state index contributed by atoms with van der Waals surface area (Å²) in [7, 11) is 2.11. The summed E-state index contributed by atoms with van der Waals surface area (Å²) in [5.74, 6) is -0.382. The molecular weight excluding hydrogens is 268 g/mol. The Balaban J connectivity index is 1.65. The zero-order chi connectivity index (χ0) is 15.1. The normalized spacial score (nSPS) is 16.4. The zero-order valence-corrected chi connectivity index (χ0v) is 12.3. The molecule has 6 heteroatoms. The monoisotopic (exact) mass is 290 g/mol. The summed E-state index contributed by atoms with van der Waals surface area (Å²) in [5, 5.41) is 5.04. The van der Waals surface area contributed by atoms with Crippen molar-refractivity contribution in [1.82, 2.24) is 20.4 Å². The molecular formula is C15H22N4O2. The van der Waals surface area contributed by atoms with E-state index in [0.717, 1.165) is 32.7 Å². The molecule has 1 aliphatic heterocycles. The summed E-state index contributed by atoms with van der Waals surface area (Å²) in [5.41, 5.74) is 0.478. The lowest BCUT2D eigenvalue weighted by molar-refractivity contribution is 0.0963. The Morgan fingerprint density at radius 2 is 1.76 bits per heavy atom. The third-order valence-corrected chi connectivity index (χ3v) is 3.57. The molecule has 0 spiro atoms. The molecule has 1 aromatic rings. The van der Waals surface area contributed by atoms with Gasteiger partial charge in [-0.05, 0) is 19.2 Å². The van der Waals surface area contributed by atoms with Crippen LogP contribution in [0.3, 0.4) is 0 Å². The van der Waals surface area contributed by atoms with E-state index in [9.17, 15) is 9.59 Å². The molecule has 0 aliphatic carbocycles. The van der Waals surface area contributed by atoms with Gasteiger partial charge in [-0.15, -0.1) is 0 Å². The van der Waals surface area contributed by atoms with E-state index in [-0.39, 0.29) is 5.91 Å². The number of hydrogen-bond donors (Lipinski definition) is 2. The molecule has 0 bridgehead atoms. The van der Waals surface area contributed by atoms with Crippen LogP contribution in [-0.2, 0) is 0 Å². The first-order valence-corrected chi connectivity index (χ1v) is 7.20. The number of hydrogen-bond acceptors (Lipinski definition) is 4. The van der Waals surface area contributed by atoms with E-state index in [4.69, 9.17) is 0 Å². The average Bonchev–Trinajstić information content (AvgIpc) is 2.50. The predicted molar refractivity (Wildman–Crippen MR) is 81.2 cm³/mol. The van der Waals surface area contributed by atoms with Gasteiger partial charge in [0.15, 0.2) is 0 Å². The second-order valence-electron chi connectivity index (χ2n) is 5.22. The molecule has 1 fully saturated rings.